The number of hydrogen-bond donors (Lipinski definition) is 0. The van der Waals surface area contributed by atoms with Crippen molar-refractivity contribution in [2.45, 2.75) is 6.92 Å². The van der Waals surface area contributed by atoms with Gasteiger partial charge in [-0.2, -0.15) is 14.5 Å². The van der Waals surface area contributed by atoms with Gasteiger partial charge in [-0.3, -0.25) is 4.99 Å². The third kappa shape index (κ3) is 2.46. The Hall–Kier alpha value is -0.850. The van der Waals surface area contributed by atoms with E-state index in [-0.39, 0.29) is 17.0 Å². The number of hydrogen-bond acceptors (Lipinski definition) is 5. The molecule has 0 saturated heterocycles. The molecule has 3 rings (SSSR count). The summed E-state index contributed by atoms with van der Waals surface area (Å²) in [5.41, 5.74) is 1.98. The minimum Gasteiger partial charge on any atom is -0.253 e. The van der Waals surface area contributed by atoms with Gasteiger partial charge in [0.1, 0.15) is 5.84 Å². The normalized spacial score (nSPS) is 17.4. The first-order chi connectivity index (χ1) is 8.24. The molecule has 94 valence electrons. The summed E-state index contributed by atoms with van der Waals surface area (Å²) in [6.07, 6.45) is 0. The number of amidine groups is 2. The summed E-state index contributed by atoms with van der Waals surface area (Å²) >= 11 is 7.23. The van der Waals surface area contributed by atoms with Crippen LogP contribution in [0, 0.1) is 0 Å². The van der Waals surface area contributed by atoms with Crippen LogP contribution in [-0.4, -0.2) is 28.3 Å². The van der Waals surface area contributed by atoms with E-state index in [0.29, 0.717) is 6.54 Å². The highest BCUT2D eigenvalue weighted by molar-refractivity contribution is 8.93. The van der Waals surface area contributed by atoms with E-state index in [9.17, 15) is 0 Å². The van der Waals surface area contributed by atoms with Crippen molar-refractivity contribution >= 4 is 57.2 Å². The van der Waals surface area contributed by atoms with Crippen LogP contribution in [-0.2, 0) is 0 Å². The van der Waals surface area contributed by atoms with E-state index in [1.54, 1.807) is 5.01 Å². The molecule has 0 spiro atoms. The van der Waals surface area contributed by atoms with Crippen LogP contribution in [0.15, 0.2) is 38.8 Å². The predicted octanol–water partition coefficient (Wildman–Crippen LogP) is 3.37. The SMILES string of the molecule is Br.CC1=NSC2=NCC(c3ccc(Cl)cc3)=NN12. The Bertz CT molecular complexity index is 553. The molecular formula is C11H10BrClN4S. The average Bonchev–Trinajstić information content (AvgIpc) is 2.72. The van der Waals surface area contributed by atoms with E-state index in [0.717, 1.165) is 27.3 Å². The Morgan fingerprint density at radius 3 is 2.72 bits per heavy atom. The molecular weight excluding hydrogens is 336 g/mol. The van der Waals surface area contributed by atoms with E-state index in [1.807, 2.05) is 31.2 Å². The molecule has 4 nitrogen and oxygen atoms in total. The third-order valence-corrected chi connectivity index (χ3v) is 3.58. The highest BCUT2D eigenvalue weighted by atomic mass is 79.9. The van der Waals surface area contributed by atoms with Crippen molar-refractivity contribution in [3.63, 3.8) is 0 Å². The summed E-state index contributed by atoms with van der Waals surface area (Å²) < 4.78 is 4.22. The van der Waals surface area contributed by atoms with Crippen LogP contribution in [0.1, 0.15) is 12.5 Å². The standard InChI is InChI=1S/C11H9ClN4S.BrH/c1-7-15-17-11-13-6-10(14-16(7)11)8-2-4-9(12)5-3-8;/h2-5H,6H2,1H3;1H. The summed E-state index contributed by atoms with van der Waals surface area (Å²) in [5, 5.41) is 7.90. The maximum atomic E-state index is 5.86. The summed E-state index contributed by atoms with van der Waals surface area (Å²) in [6.45, 7) is 2.51. The molecule has 0 saturated carbocycles. The van der Waals surface area contributed by atoms with Crippen molar-refractivity contribution in [2.75, 3.05) is 6.54 Å². The van der Waals surface area contributed by atoms with Gasteiger partial charge in [-0.15, -0.1) is 17.0 Å². The Kier molecular flexibility index (Phi) is 4.09. The first-order valence-electron chi connectivity index (χ1n) is 5.13. The van der Waals surface area contributed by atoms with Gasteiger partial charge in [0.25, 0.3) is 0 Å². The molecule has 0 amide bonds. The second-order valence-electron chi connectivity index (χ2n) is 3.69. The first-order valence-corrected chi connectivity index (χ1v) is 6.29. The lowest BCUT2D eigenvalue weighted by Crippen LogP contribution is -2.30. The van der Waals surface area contributed by atoms with Gasteiger partial charge in [0.2, 0.25) is 5.17 Å². The zero-order chi connectivity index (χ0) is 11.8. The lowest BCUT2D eigenvalue weighted by Gasteiger charge is -2.18. The van der Waals surface area contributed by atoms with Crippen molar-refractivity contribution in [1.29, 1.82) is 0 Å². The fourth-order valence-electron chi connectivity index (χ4n) is 1.62. The molecule has 0 aliphatic carbocycles. The fourth-order valence-corrected chi connectivity index (χ4v) is 2.41. The van der Waals surface area contributed by atoms with Gasteiger partial charge in [0.05, 0.1) is 24.2 Å². The Labute approximate surface area is 125 Å². The lowest BCUT2D eigenvalue weighted by atomic mass is 10.1. The molecule has 2 aliphatic heterocycles. The van der Waals surface area contributed by atoms with Gasteiger partial charge in [-0.05, 0) is 24.6 Å². The van der Waals surface area contributed by atoms with Gasteiger partial charge in [-0.1, -0.05) is 23.7 Å². The molecule has 0 N–H and O–H groups in total. The van der Waals surface area contributed by atoms with Crippen molar-refractivity contribution in [2.24, 2.45) is 14.5 Å². The summed E-state index contributed by atoms with van der Waals surface area (Å²) in [4.78, 5) is 4.45. The summed E-state index contributed by atoms with van der Waals surface area (Å²) in [7, 11) is 0. The second kappa shape index (κ2) is 5.42. The van der Waals surface area contributed by atoms with Gasteiger partial charge in [0.15, 0.2) is 0 Å². The zero-order valence-electron chi connectivity index (χ0n) is 9.50. The molecule has 0 atom stereocenters. The van der Waals surface area contributed by atoms with E-state index in [2.05, 4.69) is 14.5 Å². The van der Waals surface area contributed by atoms with Crippen molar-refractivity contribution in [3.05, 3.63) is 34.9 Å². The van der Waals surface area contributed by atoms with Crippen LogP contribution in [0.5, 0.6) is 0 Å². The molecule has 0 bridgehead atoms. The van der Waals surface area contributed by atoms with Crippen LogP contribution in [0.25, 0.3) is 0 Å². The van der Waals surface area contributed by atoms with Crippen LogP contribution in [0.3, 0.4) is 0 Å². The molecule has 1 aromatic rings. The highest BCUT2D eigenvalue weighted by Gasteiger charge is 2.25. The van der Waals surface area contributed by atoms with E-state index < -0.39 is 0 Å². The second-order valence-corrected chi connectivity index (χ2v) is 4.86. The lowest BCUT2D eigenvalue weighted by molar-refractivity contribution is 0.661. The molecule has 2 aliphatic rings. The maximum absolute atomic E-state index is 5.86. The number of rotatable bonds is 1. The van der Waals surface area contributed by atoms with Crippen LogP contribution in [0.4, 0.5) is 0 Å². The van der Waals surface area contributed by atoms with Gasteiger partial charge in [0, 0.05) is 5.02 Å². The maximum Gasteiger partial charge on any atom is 0.209 e. The van der Waals surface area contributed by atoms with Crippen LogP contribution < -0.4 is 0 Å². The predicted molar refractivity (Wildman–Crippen MR) is 83.2 cm³/mol. The van der Waals surface area contributed by atoms with Gasteiger partial charge < -0.3 is 0 Å². The van der Waals surface area contributed by atoms with Crippen molar-refractivity contribution in [1.82, 2.24) is 5.01 Å². The molecule has 1 aromatic carbocycles. The number of hydrazone groups is 1. The average molecular weight is 346 g/mol. The monoisotopic (exact) mass is 344 g/mol. The van der Waals surface area contributed by atoms with Crippen molar-refractivity contribution < 1.29 is 0 Å². The minimum atomic E-state index is 0. The number of benzene rings is 1. The van der Waals surface area contributed by atoms with Gasteiger partial charge >= 0.3 is 0 Å². The minimum absolute atomic E-state index is 0. The molecule has 0 fully saturated rings. The number of fused-ring (bicyclic) bond motifs is 1. The molecule has 0 unspecified atom stereocenters. The quantitative estimate of drug-likeness (QED) is 0.732. The summed E-state index contributed by atoms with van der Waals surface area (Å²) in [5.74, 6) is 0.861. The fraction of sp³-hybridized carbons (Fsp3) is 0.182. The molecule has 0 aromatic heterocycles. The van der Waals surface area contributed by atoms with Gasteiger partial charge in [-0.25, -0.2) is 0 Å². The van der Waals surface area contributed by atoms with Crippen molar-refractivity contribution in [3.8, 4) is 0 Å². The van der Waals surface area contributed by atoms with E-state index in [4.69, 9.17) is 11.6 Å². The topological polar surface area (TPSA) is 40.3 Å². The zero-order valence-corrected chi connectivity index (χ0v) is 12.8. The van der Waals surface area contributed by atoms with E-state index in [1.165, 1.54) is 11.9 Å². The smallest absolute Gasteiger partial charge is 0.209 e. The Morgan fingerprint density at radius 1 is 1.28 bits per heavy atom. The Morgan fingerprint density at radius 2 is 2.00 bits per heavy atom. The van der Waals surface area contributed by atoms with E-state index >= 15 is 0 Å². The summed E-state index contributed by atoms with van der Waals surface area (Å²) in [6, 6.07) is 7.63. The molecule has 2 heterocycles. The van der Waals surface area contributed by atoms with Crippen LogP contribution in [0.2, 0.25) is 5.02 Å². The highest BCUT2D eigenvalue weighted by Crippen LogP contribution is 2.24. The molecule has 7 heteroatoms. The number of nitrogens with zero attached hydrogens (tertiary/aromatic N) is 4. The third-order valence-electron chi connectivity index (χ3n) is 2.51. The largest absolute Gasteiger partial charge is 0.253 e. The number of aliphatic imine (C=N–C) groups is 1. The first kappa shape index (κ1) is 13.6. The van der Waals surface area contributed by atoms with Crippen LogP contribution >= 0.6 is 40.5 Å². The Balaban J connectivity index is 0.00000120. The number of halogens is 2. The molecule has 18 heavy (non-hydrogen) atoms. The molecule has 0 radical (unpaired) electrons.